The summed E-state index contributed by atoms with van der Waals surface area (Å²) in [7, 11) is 0. The van der Waals surface area contributed by atoms with Crippen LogP contribution in [0.4, 0.5) is 0 Å². The van der Waals surface area contributed by atoms with Crippen molar-refractivity contribution in [2.45, 2.75) is 12.3 Å². The molecule has 0 amide bonds. The lowest BCUT2D eigenvalue weighted by atomic mass is 10.2. The fourth-order valence-corrected chi connectivity index (χ4v) is 2.59. The average molecular weight is 247 g/mol. The molecule has 2 nitrogen and oxygen atoms in total. The van der Waals surface area contributed by atoms with Crippen molar-refractivity contribution in [3.8, 4) is 0 Å². The summed E-state index contributed by atoms with van der Waals surface area (Å²) in [6.45, 7) is 0. The van der Waals surface area contributed by atoms with E-state index in [2.05, 4.69) is 15.9 Å². The van der Waals surface area contributed by atoms with Crippen LogP contribution >= 0.6 is 27.3 Å². The van der Waals surface area contributed by atoms with Gasteiger partial charge < -0.3 is 5.11 Å². The molecule has 0 bridgehead atoms. The fourth-order valence-electron chi connectivity index (χ4n) is 1.35. The highest BCUT2D eigenvalue weighted by Gasteiger charge is 2.44. The molecule has 4 heteroatoms. The molecule has 1 aromatic heterocycles. The van der Waals surface area contributed by atoms with Gasteiger partial charge in [-0.05, 0) is 45.3 Å². The Hall–Kier alpha value is -0.350. The van der Waals surface area contributed by atoms with Gasteiger partial charge in [-0.15, -0.1) is 11.3 Å². The first-order valence-corrected chi connectivity index (χ1v) is 5.32. The highest BCUT2D eigenvalue weighted by molar-refractivity contribution is 9.11. The summed E-state index contributed by atoms with van der Waals surface area (Å²) in [5.41, 5.74) is 1.17. The first kappa shape index (κ1) is 8.26. The lowest BCUT2D eigenvalue weighted by Gasteiger charge is -1.89. The second-order valence-corrected chi connectivity index (χ2v) is 5.26. The van der Waals surface area contributed by atoms with Gasteiger partial charge in [-0.25, -0.2) is 0 Å². The zero-order chi connectivity index (χ0) is 8.72. The van der Waals surface area contributed by atoms with Gasteiger partial charge in [0, 0.05) is 0 Å². The molecule has 0 aliphatic heterocycles. The normalized spacial score (nSPS) is 27.1. The minimum Gasteiger partial charge on any atom is -0.481 e. The minimum absolute atomic E-state index is 0.133. The summed E-state index contributed by atoms with van der Waals surface area (Å²) in [5, 5.41) is 10.7. The van der Waals surface area contributed by atoms with Crippen LogP contribution in [0, 0.1) is 5.92 Å². The highest BCUT2D eigenvalue weighted by Crippen LogP contribution is 2.49. The van der Waals surface area contributed by atoms with Crippen molar-refractivity contribution >= 4 is 33.2 Å². The number of thiophene rings is 1. The molecule has 0 unspecified atom stereocenters. The number of hydrogen-bond donors (Lipinski definition) is 1. The van der Waals surface area contributed by atoms with Crippen LogP contribution in [-0.2, 0) is 4.79 Å². The standard InChI is InChI=1S/C8H7BrO2S/c9-7-1-4(3-12-7)5-2-6(5)8(10)11/h1,3,5-6H,2H2,(H,10,11)/t5-,6+/m0/s1. The van der Waals surface area contributed by atoms with Gasteiger partial charge >= 0.3 is 5.97 Å². The van der Waals surface area contributed by atoms with Gasteiger partial charge in [0.05, 0.1) is 9.70 Å². The third-order valence-electron chi connectivity index (χ3n) is 2.12. The third kappa shape index (κ3) is 1.41. The maximum atomic E-state index is 10.5. The van der Waals surface area contributed by atoms with E-state index in [1.807, 2.05) is 11.4 Å². The molecule has 12 heavy (non-hydrogen) atoms. The highest BCUT2D eigenvalue weighted by atomic mass is 79.9. The molecule has 1 heterocycles. The number of carbonyl (C=O) groups is 1. The summed E-state index contributed by atoms with van der Waals surface area (Å²) in [6.07, 6.45) is 0.804. The molecule has 1 fully saturated rings. The van der Waals surface area contributed by atoms with Crippen LogP contribution in [0.25, 0.3) is 0 Å². The number of halogens is 1. The second kappa shape index (κ2) is 2.85. The number of rotatable bonds is 2. The Bertz CT molecular complexity index is 321. The van der Waals surface area contributed by atoms with Crippen LogP contribution in [0.1, 0.15) is 17.9 Å². The van der Waals surface area contributed by atoms with Crippen molar-refractivity contribution in [2.75, 3.05) is 0 Å². The van der Waals surface area contributed by atoms with Crippen LogP contribution in [0.3, 0.4) is 0 Å². The molecule has 1 aromatic rings. The van der Waals surface area contributed by atoms with Gasteiger partial charge in [0.1, 0.15) is 0 Å². The fraction of sp³-hybridized carbons (Fsp3) is 0.375. The molecule has 2 atom stereocenters. The van der Waals surface area contributed by atoms with E-state index in [0.717, 1.165) is 10.2 Å². The van der Waals surface area contributed by atoms with Crippen LogP contribution < -0.4 is 0 Å². The molecule has 0 aromatic carbocycles. The van der Waals surface area contributed by atoms with Gasteiger partial charge in [-0.2, -0.15) is 0 Å². The maximum absolute atomic E-state index is 10.5. The molecule has 1 saturated carbocycles. The van der Waals surface area contributed by atoms with Gasteiger partial charge in [0.25, 0.3) is 0 Å². The molecule has 0 radical (unpaired) electrons. The van der Waals surface area contributed by atoms with Gasteiger partial charge in [-0.1, -0.05) is 0 Å². The lowest BCUT2D eigenvalue weighted by Crippen LogP contribution is -1.98. The van der Waals surface area contributed by atoms with Crippen molar-refractivity contribution < 1.29 is 9.90 Å². The number of carboxylic acids is 1. The molecular weight excluding hydrogens is 240 g/mol. The second-order valence-electron chi connectivity index (χ2n) is 2.97. The van der Waals surface area contributed by atoms with Crippen LogP contribution in [0.2, 0.25) is 0 Å². The Balaban J connectivity index is 2.10. The number of hydrogen-bond acceptors (Lipinski definition) is 2. The molecule has 64 valence electrons. The maximum Gasteiger partial charge on any atom is 0.307 e. The molecule has 1 N–H and O–H groups in total. The summed E-state index contributed by atoms with van der Waals surface area (Å²) in [6, 6.07) is 2.01. The zero-order valence-electron chi connectivity index (χ0n) is 6.16. The first-order valence-electron chi connectivity index (χ1n) is 3.65. The zero-order valence-corrected chi connectivity index (χ0v) is 8.56. The van der Waals surface area contributed by atoms with E-state index in [4.69, 9.17) is 5.11 Å². The van der Waals surface area contributed by atoms with Crippen LogP contribution in [-0.4, -0.2) is 11.1 Å². The Morgan fingerprint density at radius 2 is 2.50 bits per heavy atom. The van der Waals surface area contributed by atoms with E-state index in [9.17, 15) is 4.79 Å². The Morgan fingerprint density at radius 1 is 1.75 bits per heavy atom. The van der Waals surface area contributed by atoms with E-state index in [0.29, 0.717) is 0 Å². The third-order valence-corrected chi connectivity index (χ3v) is 3.65. The molecule has 2 rings (SSSR count). The van der Waals surface area contributed by atoms with Crippen molar-refractivity contribution in [1.29, 1.82) is 0 Å². The number of carboxylic acid groups (broad SMARTS) is 1. The summed E-state index contributed by atoms with van der Waals surface area (Å²) >= 11 is 4.97. The van der Waals surface area contributed by atoms with Crippen molar-refractivity contribution in [1.82, 2.24) is 0 Å². The van der Waals surface area contributed by atoms with Crippen LogP contribution in [0.15, 0.2) is 15.2 Å². The largest absolute Gasteiger partial charge is 0.481 e. The number of aliphatic carboxylic acids is 1. The van der Waals surface area contributed by atoms with E-state index < -0.39 is 5.97 Å². The SMILES string of the molecule is O=C(O)[C@@H]1C[C@H]1c1csc(Br)c1. The topological polar surface area (TPSA) is 37.3 Å². The minimum atomic E-state index is -0.665. The monoisotopic (exact) mass is 246 g/mol. The van der Waals surface area contributed by atoms with Gasteiger partial charge in [-0.3, -0.25) is 4.79 Å². The Morgan fingerprint density at radius 3 is 2.92 bits per heavy atom. The quantitative estimate of drug-likeness (QED) is 0.872. The smallest absolute Gasteiger partial charge is 0.307 e. The molecule has 1 aliphatic carbocycles. The first-order chi connectivity index (χ1) is 5.68. The molecule has 0 spiro atoms. The summed E-state index contributed by atoms with van der Waals surface area (Å²) in [5.74, 6) is -0.529. The van der Waals surface area contributed by atoms with Crippen molar-refractivity contribution in [2.24, 2.45) is 5.92 Å². The van der Waals surface area contributed by atoms with Crippen molar-refractivity contribution in [3.05, 3.63) is 20.8 Å². The summed E-state index contributed by atoms with van der Waals surface area (Å²) < 4.78 is 1.08. The Kier molecular flexibility index (Phi) is 1.96. The van der Waals surface area contributed by atoms with E-state index in [1.165, 1.54) is 5.56 Å². The predicted octanol–water partition coefficient (Wildman–Crippen LogP) is 2.70. The molecule has 1 aliphatic rings. The van der Waals surface area contributed by atoms with E-state index in [1.54, 1.807) is 11.3 Å². The Labute approximate surface area is 82.3 Å². The van der Waals surface area contributed by atoms with Crippen molar-refractivity contribution in [3.63, 3.8) is 0 Å². The molecule has 0 saturated heterocycles. The van der Waals surface area contributed by atoms with Crippen LogP contribution in [0.5, 0.6) is 0 Å². The lowest BCUT2D eigenvalue weighted by molar-refractivity contribution is -0.138. The van der Waals surface area contributed by atoms with Gasteiger partial charge in [0.15, 0.2) is 0 Å². The average Bonchev–Trinajstić information content (AvgIpc) is 2.70. The van der Waals surface area contributed by atoms with E-state index in [-0.39, 0.29) is 11.8 Å². The van der Waals surface area contributed by atoms with E-state index >= 15 is 0 Å². The van der Waals surface area contributed by atoms with Gasteiger partial charge in [0.2, 0.25) is 0 Å². The molecular formula is C8H7BrO2S. The summed E-state index contributed by atoms with van der Waals surface area (Å²) in [4.78, 5) is 10.5. The predicted molar refractivity (Wildman–Crippen MR) is 50.5 cm³/mol.